The van der Waals surface area contributed by atoms with Gasteiger partial charge in [0.05, 0.1) is 0 Å². The Bertz CT molecular complexity index is 308. The van der Waals surface area contributed by atoms with Crippen molar-refractivity contribution in [2.45, 2.75) is 6.92 Å². The average Bonchev–Trinajstić information content (AvgIpc) is 2.18. The van der Waals surface area contributed by atoms with E-state index in [-0.39, 0.29) is 5.91 Å². The Hall–Kier alpha value is -1.68. The van der Waals surface area contributed by atoms with E-state index in [1.54, 1.807) is 37.4 Å². The molecule has 0 atom stereocenters. The highest BCUT2D eigenvalue weighted by Crippen LogP contribution is 2.04. The van der Waals surface area contributed by atoms with Gasteiger partial charge in [-0.05, 0) is 19.1 Å². The van der Waals surface area contributed by atoms with Crippen LogP contribution < -0.4 is 10.9 Å². The molecule has 0 radical (unpaired) electrons. The maximum atomic E-state index is 11.2. The number of hydrogen-bond acceptors (Lipinski definition) is 3. The van der Waals surface area contributed by atoms with Crippen LogP contribution in [-0.2, 0) is 4.79 Å². The van der Waals surface area contributed by atoms with Crippen LogP contribution in [0.4, 0.5) is 5.82 Å². The molecule has 0 saturated carbocycles. The summed E-state index contributed by atoms with van der Waals surface area (Å²) in [5, 5.41) is 1.000. The number of allylic oxidation sites excluding steroid dienone is 1. The van der Waals surface area contributed by atoms with Crippen molar-refractivity contribution in [1.82, 2.24) is 4.98 Å². The fraction of sp³-hybridized carbons (Fsp3) is 0.111. The number of hydrogen-bond donors (Lipinski definition) is 1. The van der Waals surface area contributed by atoms with E-state index >= 15 is 0 Å². The van der Waals surface area contributed by atoms with Gasteiger partial charge in [-0.15, -0.1) is 0 Å². The first-order valence-corrected chi connectivity index (χ1v) is 3.88. The highest BCUT2D eigenvalue weighted by atomic mass is 16.2. The van der Waals surface area contributed by atoms with Crippen LogP contribution >= 0.6 is 0 Å². The Morgan fingerprint density at radius 2 is 2.38 bits per heavy atom. The molecule has 0 aliphatic rings. The van der Waals surface area contributed by atoms with Crippen molar-refractivity contribution in [2.75, 3.05) is 5.01 Å². The van der Waals surface area contributed by atoms with E-state index in [1.807, 2.05) is 0 Å². The molecule has 13 heavy (non-hydrogen) atoms. The number of carbonyl (C=O) groups excluding carboxylic acids is 1. The number of rotatable bonds is 2. The molecule has 4 nitrogen and oxygen atoms in total. The molecule has 0 aliphatic heterocycles. The summed E-state index contributed by atoms with van der Waals surface area (Å²) in [6, 6.07) is 5.20. The Morgan fingerprint density at radius 1 is 1.62 bits per heavy atom. The summed E-state index contributed by atoms with van der Waals surface area (Å²) in [7, 11) is 0. The van der Waals surface area contributed by atoms with Crippen LogP contribution in [0.3, 0.4) is 0 Å². The summed E-state index contributed by atoms with van der Waals surface area (Å²) in [4.78, 5) is 15.1. The Labute approximate surface area is 76.7 Å². The quantitative estimate of drug-likeness (QED) is 0.315. The van der Waals surface area contributed by atoms with Crippen molar-refractivity contribution in [3.05, 3.63) is 36.5 Å². The summed E-state index contributed by atoms with van der Waals surface area (Å²) in [5.74, 6) is 5.64. The second-order valence-electron chi connectivity index (χ2n) is 2.40. The van der Waals surface area contributed by atoms with Crippen molar-refractivity contribution in [1.29, 1.82) is 0 Å². The minimum absolute atomic E-state index is 0.291. The van der Waals surface area contributed by atoms with Crippen LogP contribution in [0, 0.1) is 0 Å². The molecule has 2 N–H and O–H groups in total. The monoisotopic (exact) mass is 177 g/mol. The van der Waals surface area contributed by atoms with E-state index in [0.29, 0.717) is 5.82 Å². The van der Waals surface area contributed by atoms with E-state index < -0.39 is 0 Å². The molecule has 1 aromatic rings. The van der Waals surface area contributed by atoms with E-state index in [4.69, 9.17) is 5.84 Å². The molecule has 0 fully saturated rings. The minimum atomic E-state index is -0.291. The average molecular weight is 177 g/mol. The number of nitrogens with two attached hydrogens (primary N) is 1. The third kappa shape index (κ3) is 2.38. The zero-order chi connectivity index (χ0) is 9.68. The predicted molar refractivity (Wildman–Crippen MR) is 50.7 cm³/mol. The van der Waals surface area contributed by atoms with E-state index in [1.165, 1.54) is 6.08 Å². The maximum absolute atomic E-state index is 11.2. The second-order valence-corrected chi connectivity index (χ2v) is 2.40. The normalized spacial score (nSPS) is 10.3. The molecule has 0 unspecified atom stereocenters. The van der Waals surface area contributed by atoms with Crippen LogP contribution in [0.1, 0.15) is 6.92 Å². The van der Waals surface area contributed by atoms with Crippen LogP contribution in [-0.4, -0.2) is 10.9 Å². The number of amides is 1. The Balaban J connectivity index is 2.79. The molecule has 0 aromatic carbocycles. The van der Waals surface area contributed by atoms with Crippen LogP contribution in [0.25, 0.3) is 0 Å². The lowest BCUT2D eigenvalue weighted by Gasteiger charge is -2.12. The maximum Gasteiger partial charge on any atom is 0.266 e. The highest BCUT2D eigenvalue weighted by Gasteiger charge is 2.07. The summed E-state index contributed by atoms with van der Waals surface area (Å²) in [6.45, 7) is 1.75. The van der Waals surface area contributed by atoms with Gasteiger partial charge in [0.25, 0.3) is 5.91 Å². The van der Waals surface area contributed by atoms with E-state index in [9.17, 15) is 4.79 Å². The predicted octanol–water partition coefficient (Wildman–Crippen LogP) is 0.864. The number of carbonyl (C=O) groups is 1. The van der Waals surface area contributed by atoms with Crippen molar-refractivity contribution in [2.24, 2.45) is 5.84 Å². The smallest absolute Gasteiger partial charge is 0.266 e. The zero-order valence-electron chi connectivity index (χ0n) is 7.34. The van der Waals surface area contributed by atoms with Gasteiger partial charge in [-0.25, -0.2) is 15.8 Å². The molecule has 1 amide bonds. The van der Waals surface area contributed by atoms with Gasteiger partial charge in [0.15, 0.2) is 0 Å². The topological polar surface area (TPSA) is 59.2 Å². The molecule has 0 bridgehead atoms. The van der Waals surface area contributed by atoms with Crippen molar-refractivity contribution >= 4 is 11.7 Å². The van der Waals surface area contributed by atoms with Crippen LogP contribution in [0.2, 0.25) is 0 Å². The largest absolute Gasteiger partial charge is 0.268 e. The van der Waals surface area contributed by atoms with E-state index in [0.717, 1.165) is 5.01 Å². The number of hydrazine groups is 1. The molecule has 0 spiro atoms. The summed E-state index contributed by atoms with van der Waals surface area (Å²) >= 11 is 0. The summed E-state index contributed by atoms with van der Waals surface area (Å²) < 4.78 is 0. The fourth-order valence-electron chi connectivity index (χ4n) is 0.832. The zero-order valence-corrected chi connectivity index (χ0v) is 7.34. The van der Waals surface area contributed by atoms with E-state index in [2.05, 4.69) is 4.98 Å². The molecule has 1 aromatic heterocycles. The van der Waals surface area contributed by atoms with Gasteiger partial charge in [-0.3, -0.25) is 4.79 Å². The molecule has 1 heterocycles. The van der Waals surface area contributed by atoms with Crippen molar-refractivity contribution in [3.63, 3.8) is 0 Å². The molecule has 0 saturated heterocycles. The lowest BCUT2D eigenvalue weighted by molar-refractivity contribution is -0.114. The second kappa shape index (κ2) is 4.37. The van der Waals surface area contributed by atoms with Crippen LogP contribution in [0.15, 0.2) is 36.5 Å². The Kier molecular flexibility index (Phi) is 3.16. The van der Waals surface area contributed by atoms with Gasteiger partial charge in [0, 0.05) is 12.3 Å². The first-order chi connectivity index (χ1) is 6.25. The first-order valence-electron chi connectivity index (χ1n) is 3.88. The number of anilines is 1. The number of pyridine rings is 1. The molecule has 4 heteroatoms. The summed E-state index contributed by atoms with van der Waals surface area (Å²) in [6.07, 6.45) is 4.60. The molecule has 1 rings (SSSR count). The molecule has 0 aliphatic carbocycles. The molecule has 68 valence electrons. The van der Waals surface area contributed by atoms with Gasteiger partial charge >= 0.3 is 0 Å². The lowest BCUT2D eigenvalue weighted by atomic mass is 10.4. The third-order valence-electron chi connectivity index (χ3n) is 1.44. The third-order valence-corrected chi connectivity index (χ3v) is 1.44. The van der Waals surface area contributed by atoms with Gasteiger partial charge in [-0.2, -0.15) is 0 Å². The molecular formula is C9H11N3O. The Morgan fingerprint density at radius 3 is 2.92 bits per heavy atom. The summed E-state index contributed by atoms with van der Waals surface area (Å²) in [5.41, 5.74) is 0. The standard InChI is InChI=1S/C9H11N3O/c1-2-5-9(13)12(10)8-6-3-4-7-11-8/h2-7H,10H2,1H3/b5-2+. The number of nitrogens with zero attached hydrogens (tertiary/aromatic N) is 2. The van der Waals surface area contributed by atoms with Gasteiger partial charge in [0.2, 0.25) is 0 Å². The molecular weight excluding hydrogens is 166 g/mol. The minimum Gasteiger partial charge on any atom is -0.268 e. The van der Waals surface area contributed by atoms with Gasteiger partial charge in [0.1, 0.15) is 5.82 Å². The van der Waals surface area contributed by atoms with Crippen molar-refractivity contribution < 1.29 is 4.79 Å². The van der Waals surface area contributed by atoms with Gasteiger partial charge < -0.3 is 0 Å². The van der Waals surface area contributed by atoms with Gasteiger partial charge in [-0.1, -0.05) is 12.1 Å². The first kappa shape index (κ1) is 9.41. The van der Waals surface area contributed by atoms with Crippen LogP contribution in [0.5, 0.6) is 0 Å². The highest BCUT2D eigenvalue weighted by molar-refractivity contribution is 5.99. The van der Waals surface area contributed by atoms with Crippen molar-refractivity contribution in [3.8, 4) is 0 Å². The fourth-order valence-corrected chi connectivity index (χ4v) is 0.832. The number of aromatic nitrogens is 1. The lowest BCUT2D eigenvalue weighted by Crippen LogP contribution is -2.36. The SMILES string of the molecule is C/C=C/C(=O)N(N)c1ccccn1.